The summed E-state index contributed by atoms with van der Waals surface area (Å²) in [7, 11) is 0. The molecule has 10 heavy (non-hydrogen) atoms. The third-order valence-corrected chi connectivity index (χ3v) is 2.02. The molecule has 1 rings (SSSR count). The summed E-state index contributed by atoms with van der Waals surface area (Å²) in [5.74, 6) is 0.127. The van der Waals surface area contributed by atoms with E-state index in [1.165, 1.54) is 0 Å². The van der Waals surface area contributed by atoms with Gasteiger partial charge in [0.05, 0.1) is 18.1 Å². The average Bonchev–Trinajstić information content (AvgIpc) is 2.43. The van der Waals surface area contributed by atoms with Gasteiger partial charge in [-0.25, -0.2) is 0 Å². The molecule has 0 aromatic carbocycles. The first-order valence-electron chi connectivity index (χ1n) is 3.89. The molecule has 0 saturated carbocycles. The Morgan fingerprint density at radius 3 is 3.00 bits per heavy atom. The monoisotopic (exact) mass is 139 g/mol. The highest BCUT2D eigenvalue weighted by atomic mass is 16.5. The summed E-state index contributed by atoms with van der Waals surface area (Å²) >= 11 is 0. The van der Waals surface area contributed by atoms with E-state index in [1.807, 2.05) is 6.92 Å². The largest absolute Gasteiger partial charge is 0.377 e. The number of hydrogen-bond donors (Lipinski definition) is 0. The maximum Gasteiger partial charge on any atom is 0.0733 e. The molecule has 1 fully saturated rings. The molecule has 0 radical (unpaired) electrons. The maximum absolute atomic E-state index is 8.66. The van der Waals surface area contributed by atoms with Crippen LogP contribution in [0.3, 0.4) is 0 Å². The van der Waals surface area contributed by atoms with Crippen LogP contribution in [0.15, 0.2) is 0 Å². The molecule has 0 aromatic rings. The van der Waals surface area contributed by atoms with Crippen LogP contribution in [0.5, 0.6) is 0 Å². The van der Waals surface area contributed by atoms with Crippen LogP contribution < -0.4 is 0 Å². The number of ether oxygens (including phenoxy) is 1. The number of rotatable bonds is 2. The van der Waals surface area contributed by atoms with Gasteiger partial charge in [0, 0.05) is 6.61 Å². The van der Waals surface area contributed by atoms with Gasteiger partial charge in [-0.1, -0.05) is 6.92 Å². The molecule has 1 aliphatic heterocycles. The highest BCUT2D eigenvalue weighted by Gasteiger charge is 2.23. The zero-order valence-corrected chi connectivity index (χ0v) is 6.34. The van der Waals surface area contributed by atoms with Crippen LogP contribution in [0, 0.1) is 17.2 Å². The summed E-state index contributed by atoms with van der Waals surface area (Å²) in [5.41, 5.74) is 0. The molecule has 0 amide bonds. The zero-order chi connectivity index (χ0) is 7.40. The number of nitriles is 1. The molecule has 2 unspecified atom stereocenters. The fourth-order valence-corrected chi connectivity index (χ4v) is 1.36. The number of hydrogen-bond acceptors (Lipinski definition) is 2. The van der Waals surface area contributed by atoms with Crippen molar-refractivity contribution in [1.82, 2.24) is 0 Å². The lowest BCUT2D eigenvalue weighted by molar-refractivity contribution is 0.0801. The molecular weight excluding hydrogens is 126 g/mol. The van der Waals surface area contributed by atoms with Crippen molar-refractivity contribution in [3.63, 3.8) is 0 Å². The van der Waals surface area contributed by atoms with Gasteiger partial charge < -0.3 is 4.74 Å². The molecule has 56 valence electrons. The fraction of sp³-hybridized carbons (Fsp3) is 0.875. The molecule has 2 atom stereocenters. The van der Waals surface area contributed by atoms with E-state index in [2.05, 4.69) is 6.07 Å². The minimum atomic E-state index is 0.127. The molecular formula is C8H13NO. The van der Waals surface area contributed by atoms with Crippen molar-refractivity contribution in [3.05, 3.63) is 0 Å². The Balaban J connectivity index is 2.38. The van der Waals surface area contributed by atoms with Gasteiger partial charge >= 0.3 is 0 Å². The highest BCUT2D eigenvalue weighted by molar-refractivity contribution is 4.89. The third-order valence-electron chi connectivity index (χ3n) is 2.02. The first-order valence-corrected chi connectivity index (χ1v) is 3.89. The molecule has 0 spiro atoms. The Kier molecular flexibility index (Phi) is 2.70. The van der Waals surface area contributed by atoms with E-state index >= 15 is 0 Å². The van der Waals surface area contributed by atoms with Crippen molar-refractivity contribution in [1.29, 1.82) is 5.26 Å². The van der Waals surface area contributed by atoms with Crippen molar-refractivity contribution < 1.29 is 4.74 Å². The van der Waals surface area contributed by atoms with Crippen molar-refractivity contribution in [2.45, 2.75) is 32.3 Å². The number of nitrogens with zero attached hydrogens (tertiary/aromatic N) is 1. The van der Waals surface area contributed by atoms with E-state index in [0.717, 1.165) is 25.9 Å². The summed E-state index contributed by atoms with van der Waals surface area (Å²) in [5, 5.41) is 8.66. The molecule has 1 saturated heterocycles. The van der Waals surface area contributed by atoms with Crippen molar-refractivity contribution in [2.24, 2.45) is 5.92 Å². The van der Waals surface area contributed by atoms with Crippen LogP contribution in [0.1, 0.15) is 26.2 Å². The van der Waals surface area contributed by atoms with Crippen LogP contribution in [0.4, 0.5) is 0 Å². The topological polar surface area (TPSA) is 33.0 Å². The quantitative estimate of drug-likeness (QED) is 0.583. The van der Waals surface area contributed by atoms with Crippen LogP contribution in [0.2, 0.25) is 0 Å². The van der Waals surface area contributed by atoms with Crippen LogP contribution in [0.25, 0.3) is 0 Å². The van der Waals surface area contributed by atoms with Gasteiger partial charge in [0.1, 0.15) is 0 Å². The van der Waals surface area contributed by atoms with Gasteiger partial charge in [-0.15, -0.1) is 0 Å². The predicted molar refractivity (Wildman–Crippen MR) is 38.4 cm³/mol. The second-order valence-electron chi connectivity index (χ2n) is 2.70. The van der Waals surface area contributed by atoms with E-state index < -0.39 is 0 Å². The van der Waals surface area contributed by atoms with E-state index in [-0.39, 0.29) is 12.0 Å². The summed E-state index contributed by atoms with van der Waals surface area (Å²) in [6.45, 7) is 2.89. The van der Waals surface area contributed by atoms with Gasteiger partial charge in [-0.3, -0.25) is 0 Å². The van der Waals surface area contributed by atoms with Crippen molar-refractivity contribution >= 4 is 0 Å². The van der Waals surface area contributed by atoms with Crippen molar-refractivity contribution in [2.75, 3.05) is 6.61 Å². The van der Waals surface area contributed by atoms with Crippen LogP contribution >= 0.6 is 0 Å². The van der Waals surface area contributed by atoms with Gasteiger partial charge in [-0.2, -0.15) is 5.26 Å². The Morgan fingerprint density at radius 1 is 1.80 bits per heavy atom. The normalized spacial score (nSPS) is 27.8. The Bertz CT molecular complexity index is 133. The summed E-state index contributed by atoms with van der Waals surface area (Å²) in [6, 6.07) is 2.27. The van der Waals surface area contributed by atoms with Gasteiger partial charge in [0.2, 0.25) is 0 Å². The van der Waals surface area contributed by atoms with Crippen molar-refractivity contribution in [3.8, 4) is 6.07 Å². The molecule has 0 aliphatic carbocycles. The van der Waals surface area contributed by atoms with Gasteiger partial charge in [0.15, 0.2) is 0 Å². The smallest absolute Gasteiger partial charge is 0.0733 e. The maximum atomic E-state index is 8.66. The van der Waals surface area contributed by atoms with E-state index in [1.54, 1.807) is 0 Å². The Labute approximate surface area is 61.8 Å². The summed E-state index contributed by atoms with van der Waals surface area (Å²) in [4.78, 5) is 0. The van der Waals surface area contributed by atoms with Crippen LogP contribution in [-0.4, -0.2) is 12.7 Å². The fourth-order valence-electron chi connectivity index (χ4n) is 1.36. The lowest BCUT2D eigenvalue weighted by Crippen LogP contribution is -2.16. The molecule has 1 heterocycles. The average molecular weight is 139 g/mol. The zero-order valence-electron chi connectivity index (χ0n) is 6.34. The second-order valence-corrected chi connectivity index (χ2v) is 2.70. The first kappa shape index (κ1) is 7.56. The van der Waals surface area contributed by atoms with E-state index in [9.17, 15) is 0 Å². The second kappa shape index (κ2) is 3.58. The lowest BCUT2D eigenvalue weighted by atomic mass is 9.99. The Morgan fingerprint density at radius 2 is 2.60 bits per heavy atom. The standard InChI is InChI=1S/C8H13NO/c1-2-7(6-9)8-4-3-5-10-8/h7-8H,2-5H2,1H3. The van der Waals surface area contributed by atoms with Gasteiger partial charge in [0.25, 0.3) is 0 Å². The Hall–Kier alpha value is -0.550. The molecule has 0 N–H and O–H groups in total. The molecule has 0 bridgehead atoms. The highest BCUT2D eigenvalue weighted by Crippen LogP contribution is 2.21. The summed E-state index contributed by atoms with van der Waals surface area (Å²) in [6.07, 6.45) is 3.35. The summed E-state index contributed by atoms with van der Waals surface area (Å²) < 4.78 is 5.37. The lowest BCUT2D eigenvalue weighted by Gasteiger charge is -2.12. The first-order chi connectivity index (χ1) is 4.88. The SMILES string of the molecule is CCC(C#N)C1CCCO1. The van der Waals surface area contributed by atoms with E-state index in [4.69, 9.17) is 10.00 Å². The minimum absolute atomic E-state index is 0.127. The predicted octanol–water partition coefficient (Wildman–Crippen LogP) is 1.72. The minimum Gasteiger partial charge on any atom is -0.377 e. The third kappa shape index (κ3) is 1.48. The van der Waals surface area contributed by atoms with Crippen LogP contribution in [-0.2, 0) is 4.74 Å². The molecule has 0 aromatic heterocycles. The van der Waals surface area contributed by atoms with Gasteiger partial charge in [-0.05, 0) is 19.3 Å². The molecule has 2 nitrogen and oxygen atoms in total. The van der Waals surface area contributed by atoms with E-state index in [0.29, 0.717) is 0 Å². The molecule has 1 aliphatic rings. The molecule has 2 heteroatoms.